The zero-order valence-electron chi connectivity index (χ0n) is 9.72. The zero-order valence-corrected chi connectivity index (χ0v) is 10.5. The van der Waals surface area contributed by atoms with Crippen molar-refractivity contribution in [2.24, 2.45) is 0 Å². The summed E-state index contributed by atoms with van der Waals surface area (Å²) < 4.78 is 30.0. The van der Waals surface area contributed by atoms with E-state index in [1.54, 1.807) is 0 Å². The quantitative estimate of drug-likeness (QED) is 0.647. The van der Waals surface area contributed by atoms with E-state index in [1.165, 1.54) is 6.42 Å². The Morgan fingerprint density at radius 3 is 2.53 bits per heavy atom. The summed E-state index contributed by atoms with van der Waals surface area (Å²) in [5, 5.41) is 8.36. The van der Waals surface area contributed by atoms with E-state index in [9.17, 15) is 13.2 Å². The molecule has 1 aliphatic carbocycles. The van der Waals surface area contributed by atoms with Crippen molar-refractivity contribution in [2.45, 2.75) is 38.2 Å². The number of nitrogens with one attached hydrogen (secondary N) is 1. The molecule has 6 nitrogen and oxygen atoms in total. The molecule has 0 heterocycles. The van der Waals surface area contributed by atoms with Crippen LogP contribution in [0, 0.1) is 0 Å². The number of sulfonamides is 1. The predicted octanol–water partition coefficient (Wildman–Crippen LogP) is 0.340. The Hall–Kier alpha value is -0.660. The maximum absolute atomic E-state index is 11.1. The number of rotatable bonds is 7. The molecule has 1 aliphatic rings. The van der Waals surface area contributed by atoms with Gasteiger partial charge in [0.2, 0.25) is 10.0 Å². The van der Waals surface area contributed by atoms with E-state index in [0.29, 0.717) is 6.61 Å². The minimum Gasteiger partial charge on any atom is -0.480 e. The lowest BCUT2D eigenvalue weighted by atomic mass is 9.98. The maximum Gasteiger partial charge on any atom is 0.320 e. The second kappa shape index (κ2) is 6.93. The molecule has 0 amide bonds. The Balaban J connectivity index is 2.12. The van der Waals surface area contributed by atoms with Crippen molar-refractivity contribution in [2.75, 3.05) is 18.9 Å². The number of hydrogen-bond donors (Lipinski definition) is 2. The first-order valence-corrected chi connectivity index (χ1v) is 7.45. The van der Waals surface area contributed by atoms with Crippen LogP contribution in [0.15, 0.2) is 0 Å². The van der Waals surface area contributed by atoms with Crippen LogP contribution in [-0.4, -0.2) is 44.5 Å². The molecular formula is C10H19NO5S. The molecule has 0 bridgehead atoms. The molecular weight excluding hydrogens is 246 g/mol. The largest absolute Gasteiger partial charge is 0.480 e. The maximum atomic E-state index is 11.1. The van der Waals surface area contributed by atoms with Gasteiger partial charge in [0.25, 0.3) is 0 Å². The number of hydrogen-bond acceptors (Lipinski definition) is 4. The van der Waals surface area contributed by atoms with Gasteiger partial charge in [0.1, 0.15) is 0 Å². The van der Waals surface area contributed by atoms with Gasteiger partial charge in [0.05, 0.1) is 12.7 Å². The van der Waals surface area contributed by atoms with Gasteiger partial charge in [-0.25, -0.2) is 13.1 Å². The molecule has 0 aromatic heterocycles. The smallest absolute Gasteiger partial charge is 0.320 e. The monoisotopic (exact) mass is 265 g/mol. The normalized spacial score (nSPS) is 18.1. The third-order valence-corrected chi connectivity index (χ3v) is 3.91. The molecule has 1 saturated carbocycles. The number of aliphatic carboxylic acids is 1. The third kappa shape index (κ3) is 6.60. The van der Waals surface area contributed by atoms with Crippen LogP contribution in [0.25, 0.3) is 0 Å². The van der Waals surface area contributed by atoms with E-state index in [1.807, 2.05) is 0 Å². The molecule has 0 spiro atoms. The van der Waals surface area contributed by atoms with Crippen LogP contribution in [0.2, 0.25) is 0 Å². The number of carbonyl (C=O) groups is 1. The average Bonchev–Trinajstić information content (AvgIpc) is 2.24. The van der Waals surface area contributed by atoms with Crippen molar-refractivity contribution in [3.63, 3.8) is 0 Å². The average molecular weight is 265 g/mol. The van der Waals surface area contributed by atoms with Gasteiger partial charge in [-0.1, -0.05) is 19.3 Å². The van der Waals surface area contributed by atoms with Crippen LogP contribution in [0.3, 0.4) is 0 Å². The highest BCUT2D eigenvalue weighted by Gasteiger charge is 2.16. The first-order chi connectivity index (χ1) is 7.99. The summed E-state index contributed by atoms with van der Waals surface area (Å²) in [4.78, 5) is 10.2. The van der Waals surface area contributed by atoms with Crippen molar-refractivity contribution in [1.82, 2.24) is 4.72 Å². The minimum atomic E-state index is -3.71. The SMILES string of the molecule is O=C(O)CS(=O)(=O)NCCOC1CCCCC1. The van der Waals surface area contributed by atoms with Gasteiger partial charge in [0.15, 0.2) is 5.75 Å². The van der Waals surface area contributed by atoms with Crippen molar-refractivity contribution in [3.05, 3.63) is 0 Å². The van der Waals surface area contributed by atoms with E-state index in [0.717, 1.165) is 25.7 Å². The molecule has 0 saturated heterocycles. The molecule has 0 aromatic carbocycles. The summed E-state index contributed by atoms with van der Waals surface area (Å²) in [6, 6.07) is 0. The summed E-state index contributed by atoms with van der Waals surface area (Å²) >= 11 is 0. The Kier molecular flexibility index (Phi) is 5.87. The standard InChI is InChI=1S/C10H19NO5S/c12-10(13)8-17(14,15)11-6-7-16-9-4-2-1-3-5-9/h9,11H,1-8H2,(H,12,13). The van der Waals surface area contributed by atoms with Gasteiger partial charge in [-0.2, -0.15) is 0 Å². The summed E-state index contributed by atoms with van der Waals surface area (Å²) in [5.74, 6) is -2.25. The van der Waals surface area contributed by atoms with Crippen LogP contribution in [-0.2, 0) is 19.6 Å². The van der Waals surface area contributed by atoms with E-state index >= 15 is 0 Å². The predicted molar refractivity (Wildman–Crippen MR) is 62.3 cm³/mol. The summed E-state index contributed by atoms with van der Waals surface area (Å²) in [6.07, 6.45) is 5.85. The van der Waals surface area contributed by atoms with E-state index < -0.39 is 21.7 Å². The van der Waals surface area contributed by atoms with Gasteiger partial charge in [-0.05, 0) is 12.8 Å². The fourth-order valence-corrected chi connectivity index (χ4v) is 2.69. The zero-order chi connectivity index (χ0) is 12.7. The number of carboxylic acid groups (broad SMARTS) is 1. The molecule has 7 heteroatoms. The summed E-state index contributed by atoms with van der Waals surface area (Å²) in [6.45, 7) is 0.426. The topological polar surface area (TPSA) is 92.7 Å². The van der Waals surface area contributed by atoms with Crippen LogP contribution in [0.5, 0.6) is 0 Å². The first-order valence-electron chi connectivity index (χ1n) is 5.80. The highest BCUT2D eigenvalue weighted by atomic mass is 32.2. The Labute approximate surface area is 101 Å². The van der Waals surface area contributed by atoms with Crippen LogP contribution in [0.4, 0.5) is 0 Å². The highest BCUT2D eigenvalue weighted by molar-refractivity contribution is 7.90. The molecule has 0 aliphatic heterocycles. The highest BCUT2D eigenvalue weighted by Crippen LogP contribution is 2.19. The molecule has 1 rings (SSSR count). The summed E-state index contributed by atoms with van der Waals surface area (Å²) in [5.41, 5.74) is 0. The molecule has 100 valence electrons. The van der Waals surface area contributed by atoms with Crippen molar-refractivity contribution in [3.8, 4) is 0 Å². The van der Waals surface area contributed by atoms with Crippen LogP contribution < -0.4 is 4.72 Å². The third-order valence-electron chi connectivity index (χ3n) is 2.64. The Morgan fingerprint density at radius 1 is 1.29 bits per heavy atom. The van der Waals surface area contributed by atoms with Gasteiger partial charge in [-0.3, -0.25) is 4.79 Å². The van der Waals surface area contributed by atoms with E-state index in [-0.39, 0.29) is 12.6 Å². The molecule has 1 fully saturated rings. The Morgan fingerprint density at radius 2 is 1.94 bits per heavy atom. The lowest BCUT2D eigenvalue weighted by Crippen LogP contribution is -2.33. The lowest BCUT2D eigenvalue weighted by molar-refractivity contribution is -0.134. The molecule has 0 aromatic rings. The van der Waals surface area contributed by atoms with Gasteiger partial charge < -0.3 is 9.84 Å². The second-order valence-electron chi connectivity index (χ2n) is 4.18. The molecule has 2 N–H and O–H groups in total. The van der Waals surface area contributed by atoms with Gasteiger partial charge in [0, 0.05) is 6.54 Å². The van der Waals surface area contributed by atoms with Gasteiger partial charge in [-0.15, -0.1) is 0 Å². The van der Waals surface area contributed by atoms with Crippen molar-refractivity contribution in [1.29, 1.82) is 0 Å². The van der Waals surface area contributed by atoms with E-state index in [4.69, 9.17) is 9.84 Å². The first kappa shape index (κ1) is 14.4. The molecule has 0 atom stereocenters. The van der Waals surface area contributed by atoms with Crippen molar-refractivity contribution >= 4 is 16.0 Å². The van der Waals surface area contributed by atoms with E-state index in [2.05, 4.69) is 4.72 Å². The molecule has 17 heavy (non-hydrogen) atoms. The minimum absolute atomic E-state index is 0.131. The lowest BCUT2D eigenvalue weighted by Gasteiger charge is -2.21. The van der Waals surface area contributed by atoms with Crippen molar-refractivity contribution < 1.29 is 23.1 Å². The second-order valence-corrected chi connectivity index (χ2v) is 5.98. The fraction of sp³-hybridized carbons (Fsp3) is 0.900. The fourth-order valence-electron chi connectivity index (χ4n) is 1.87. The van der Waals surface area contributed by atoms with Crippen LogP contribution in [0.1, 0.15) is 32.1 Å². The number of ether oxygens (including phenoxy) is 1. The van der Waals surface area contributed by atoms with Gasteiger partial charge >= 0.3 is 5.97 Å². The molecule has 0 radical (unpaired) electrons. The summed E-state index contributed by atoms with van der Waals surface area (Å²) in [7, 11) is -3.71. The van der Waals surface area contributed by atoms with Crippen LogP contribution >= 0.6 is 0 Å². The Bertz CT molecular complexity index is 335. The molecule has 0 unspecified atom stereocenters. The number of carboxylic acids is 1.